The topological polar surface area (TPSA) is 104 Å². The van der Waals surface area contributed by atoms with Crippen LogP contribution < -0.4 is 0 Å². The average Bonchev–Trinajstić information content (AvgIpc) is 2.20. The molecule has 0 saturated carbocycles. The van der Waals surface area contributed by atoms with Crippen LogP contribution in [0.25, 0.3) is 0 Å². The largest absolute Gasteiger partial charge is 0.481 e. The van der Waals surface area contributed by atoms with E-state index in [1.54, 1.807) is 21.0 Å². The first-order valence-corrected chi connectivity index (χ1v) is 4.67. The fraction of sp³-hybridized carbons (Fsp3) is 0.700. The van der Waals surface area contributed by atoms with Gasteiger partial charge in [0.05, 0.1) is 6.61 Å². The fourth-order valence-corrected chi connectivity index (χ4v) is 0.203. The SMILES string of the molecule is CC(=O)O.CCOC(C)=O.CN(C)C=O.CO. The van der Waals surface area contributed by atoms with Crippen molar-refractivity contribution in [1.29, 1.82) is 0 Å². The summed E-state index contributed by atoms with van der Waals surface area (Å²) in [5.41, 5.74) is 0. The monoisotopic (exact) mass is 253 g/mol. The first kappa shape index (κ1) is 24.6. The Labute approximate surface area is 102 Å². The molecule has 7 nitrogen and oxygen atoms in total. The molecule has 0 radical (unpaired) electrons. The van der Waals surface area contributed by atoms with E-state index in [9.17, 15) is 9.59 Å². The molecule has 104 valence electrons. The second kappa shape index (κ2) is 23.9. The lowest BCUT2D eigenvalue weighted by atomic mass is 10.8. The number of esters is 1. The van der Waals surface area contributed by atoms with E-state index < -0.39 is 5.97 Å². The number of aliphatic carboxylic acids is 1. The van der Waals surface area contributed by atoms with Gasteiger partial charge in [-0.05, 0) is 6.92 Å². The van der Waals surface area contributed by atoms with Crippen molar-refractivity contribution in [2.75, 3.05) is 27.8 Å². The number of carbonyl (C=O) groups excluding carboxylic acids is 2. The molecule has 0 rings (SSSR count). The van der Waals surface area contributed by atoms with E-state index in [2.05, 4.69) is 4.74 Å². The third-order valence-electron chi connectivity index (χ3n) is 0.558. The van der Waals surface area contributed by atoms with Crippen LogP contribution in [0.5, 0.6) is 0 Å². The molecule has 1 amide bonds. The zero-order valence-corrected chi connectivity index (χ0v) is 11.3. The van der Waals surface area contributed by atoms with Gasteiger partial charge in [0.1, 0.15) is 0 Å². The second-order valence-electron chi connectivity index (χ2n) is 2.51. The van der Waals surface area contributed by atoms with E-state index in [1.807, 2.05) is 0 Å². The first-order valence-electron chi connectivity index (χ1n) is 4.67. The third kappa shape index (κ3) is 194. The minimum atomic E-state index is -0.833. The Balaban J connectivity index is -0.0000000705. The molecule has 0 aliphatic carbocycles. The van der Waals surface area contributed by atoms with Crippen molar-refractivity contribution >= 4 is 18.3 Å². The Kier molecular flexibility index (Phi) is 34.5. The summed E-state index contributed by atoms with van der Waals surface area (Å²) in [6, 6.07) is 0. The van der Waals surface area contributed by atoms with Crippen molar-refractivity contribution in [3.63, 3.8) is 0 Å². The molecule has 0 aromatic carbocycles. The van der Waals surface area contributed by atoms with Crippen LogP contribution in [0.1, 0.15) is 20.8 Å². The summed E-state index contributed by atoms with van der Waals surface area (Å²) in [4.78, 5) is 29.7. The average molecular weight is 253 g/mol. The summed E-state index contributed by atoms with van der Waals surface area (Å²) >= 11 is 0. The number of carboxylic acids is 1. The highest BCUT2D eigenvalue weighted by atomic mass is 16.5. The van der Waals surface area contributed by atoms with Gasteiger partial charge in [0.25, 0.3) is 5.97 Å². The van der Waals surface area contributed by atoms with Crippen molar-refractivity contribution in [2.24, 2.45) is 0 Å². The molecule has 0 aromatic heterocycles. The van der Waals surface area contributed by atoms with Crippen LogP contribution in [0.3, 0.4) is 0 Å². The summed E-state index contributed by atoms with van der Waals surface area (Å²) < 4.78 is 4.40. The molecule has 0 heterocycles. The molecule has 0 aliphatic rings. The van der Waals surface area contributed by atoms with E-state index in [4.69, 9.17) is 15.0 Å². The number of rotatable bonds is 2. The van der Waals surface area contributed by atoms with Gasteiger partial charge in [-0.15, -0.1) is 0 Å². The van der Waals surface area contributed by atoms with Gasteiger partial charge < -0.3 is 19.8 Å². The number of aliphatic hydroxyl groups is 1. The van der Waals surface area contributed by atoms with Gasteiger partial charge in [-0.3, -0.25) is 14.4 Å². The molecule has 0 aliphatic heterocycles. The Morgan fingerprint density at radius 2 is 1.47 bits per heavy atom. The Bertz CT molecular complexity index is 178. The lowest BCUT2D eigenvalue weighted by Gasteiger charge is -1.93. The maximum Gasteiger partial charge on any atom is 0.302 e. The smallest absolute Gasteiger partial charge is 0.302 e. The van der Waals surface area contributed by atoms with Gasteiger partial charge >= 0.3 is 5.97 Å². The molecule has 0 bridgehead atoms. The standard InChI is InChI=1S/C4H8O2.C3H7NO.C2H4O2.CH4O/c1-3-6-4(2)5;1-4(2)3-5;1-2(3)4;1-2/h3H2,1-2H3;3H,1-2H3;1H3,(H,3,4);2H,1H3. The number of carbonyl (C=O) groups is 3. The minimum Gasteiger partial charge on any atom is -0.481 e. The number of amides is 1. The molecule has 0 atom stereocenters. The first-order chi connectivity index (χ1) is 7.77. The van der Waals surface area contributed by atoms with Crippen LogP contribution >= 0.6 is 0 Å². The molecule has 2 N–H and O–H groups in total. The molecule has 0 saturated heterocycles. The molecule has 0 spiro atoms. The molecular formula is C10H23NO6. The molecule has 0 unspecified atom stereocenters. The number of aliphatic hydroxyl groups excluding tert-OH is 1. The van der Waals surface area contributed by atoms with Crippen molar-refractivity contribution < 1.29 is 29.3 Å². The molecule has 0 aromatic rings. The normalized spacial score (nSPS) is 6.53. The predicted octanol–water partition coefficient (Wildman–Crippen LogP) is -0.0268. The molecule has 0 fully saturated rings. The number of nitrogens with zero attached hydrogens (tertiary/aromatic N) is 1. The molecule has 17 heavy (non-hydrogen) atoms. The van der Waals surface area contributed by atoms with Gasteiger partial charge in [-0.25, -0.2) is 0 Å². The molecular weight excluding hydrogens is 230 g/mol. The summed E-state index contributed by atoms with van der Waals surface area (Å²) in [6.07, 6.45) is 0.750. The van der Waals surface area contributed by atoms with Gasteiger partial charge in [0, 0.05) is 35.1 Å². The maximum absolute atomic E-state index is 9.82. The van der Waals surface area contributed by atoms with Crippen LogP contribution in [0.4, 0.5) is 0 Å². The van der Waals surface area contributed by atoms with Crippen LogP contribution in [-0.2, 0) is 19.1 Å². The van der Waals surface area contributed by atoms with E-state index in [0.29, 0.717) is 6.61 Å². The zero-order valence-electron chi connectivity index (χ0n) is 11.3. The van der Waals surface area contributed by atoms with Gasteiger partial charge in [0.15, 0.2) is 0 Å². The number of hydrogen-bond acceptors (Lipinski definition) is 5. The van der Waals surface area contributed by atoms with Crippen LogP contribution in [0.15, 0.2) is 0 Å². The van der Waals surface area contributed by atoms with Gasteiger partial charge in [-0.2, -0.15) is 0 Å². The van der Waals surface area contributed by atoms with Crippen molar-refractivity contribution in [3.05, 3.63) is 0 Å². The Morgan fingerprint density at radius 1 is 1.24 bits per heavy atom. The highest BCUT2D eigenvalue weighted by Gasteiger charge is 1.81. The van der Waals surface area contributed by atoms with E-state index in [0.717, 1.165) is 20.4 Å². The van der Waals surface area contributed by atoms with E-state index in [-0.39, 0.29) is 5.97 Å². The van der Waals surface area contributed by atoms with Gasteiger partial charge in [0.2, 0.25) is 6.41 Å². The Hall–Kier alpha value is -1.63. The quantitative estimate of drug-likeness (QED) is 0.529. The van der Waals surface area contributed by atoms with Crippen LogP contribution in [-0.4, -0.2) is 61.3 Å². The lowest BCUT2D eigenvalue weighted by molar-refractivity contribution is -0.140. The van der Waals surface area contributed by atoms with Crippen molar-refractivity contribution in [1.82, 2.24) is 4.90 Å². The van der Waals surface area contributed by atoms with E-state index >= 15 is 0 Å². The minimum absolute atomic E-state index is 0.211. The summed E-state index contributed by atoms with van der Waals surface area (Å²) in [6.45, 7) is 4.74. The third-order valence-corrected chi connectivity index (χ3v) is 0.558. The summed E-state index contributed by atoms with van der Waals surface area (Å²) in [7, 11) is 4.38. The zero-order chi connectivity index (χ0) is 14.9. The predicted molar refractivity (Wildman–Crippen MR) is 63.5 cm³/mol. The van der Waals surface area contributed by atoms with Crippen LogP contribution in [0, 0.1) is 0 Å². The number of carboxylic acid groups (broad SMARTS) is 1. The van der Waals surface area contributed by atoms with Crippen molar-refractivity contribution in [3.8, 4) is 0 Å². The fourth-order valence-electron chi connectivity index (χ4n) is 0.203. The van der Waals surface area contributed by atoms with Crippen LogP contribution in [0.2, 0.25) is 0 Å². The second-order valence-corrected chi connectivity index (χ2v) is 2.51. The maximum atomic E-state index is 9.82. The lowest BCUT2D eigenvalue weighted by Crippen LogP contribution is -2.06. The van der Waals surface area contributed by atoms with Crippen molar-refractivity contribution in [2.45, 2.75) is 20.8 Å². The highest BCUT2D eigenvalue weighted by molar-refractivity contribution is 5.65. The van der Waals surface area contributed by atoms with Gasteiger partial charge in [-0.1, -0.05) is 0 Å². The molecule has 7 heteroatoms. The van der Waals surface area contributed by atoms with E-state index in [1.165, 1.54) is 11.8 Å². The summed E-state index contributed by atoms with van der Waals surface area (Å²) in [5, 5.41) is 14.4. The Morgan fingerprint density at radius 3 is 1.47 bits per heavy atom. The number of ether oxygens (including phenoxy) is 1. The summed E-state index contributed by atoms with van der Waals surface area (Å²) in [5.74, 6) is -1.04. The number of hydrogen-bond donors (Lipinski definition) is 2. The highest BCUT2D eigenvalue weighted by Crippen LogP contribution is 1.69.